The van der Waals surface area contributed by atoms with Gasteiger partial charge < -0.3 is 11.1 Å². The third kappa shape index (κ3) is 4.22. The van der Waals surface area contributed by atoms with E-state index in [4.69, 9.17) is 5.73 Å². The maximum absolute atomic E-state index is 12.3. The van der Waals surface area contributed by atoms with Gasteiger partial charge in [0, 0.05) is 25.1 Å². The Balaban J connectivity index is 0.00000132. The molecule has 0 aromatic carbocycles. The van der Waals surface area contributed by atoms with Crippen molar-refractivity contribution in [1.82, 2.24) is 19.9 Å². The van der Waals surface area contributed by atoms with Crippen LogP contribution in [0.25, 0.3) is 5.82 Å². The summed E-state index contributed by atoms with van der Waals surface area (Å²) in [5, 5.41) is 3.05. The van der Waals surface area contributed by atoms with E-state index >= 15 is 0 Å². The lowest BCUT2D eigenvalue weighted by Gasteiger charge is -2.29. The summed E-state index contributed by atoms with van der Waals surface area (Å²) >= 11 is 0. The van der Waals surface area contributed by atoms with Crippen LogP contribution >= 0.6 is 24.8 Å². The molecule has 0 aliphatic heterocycles. The first-order valence-corrected chi connectivity index (χ1v) is 7.09. The summed E-state index contributed by atoms with van der Waals surface area (Å²) in [6.45, 7) is 2.46. The van der Waals surface area contributed by atoms with E-state index in [9.17, 15) is 4.79 Å². The first-order chi connectivity index (χ1) is 10.1. The van der Waals surface area contributed by atoms with E-state index in [2.05, 4.69) is 15.3 Å². The summed E-state index contributed by atoms with van der Waals surface area (Å²) in [6.07, 6.45) is 9.00. The quantitative estimate of drug-likeness (QED) is 0.856. The smallest absolute Gasteiger partial charge is 0.253 e. The van der Waals surface area contributed by atoms with Crippen molar-refractivity contribution >= 4 is 30.7 Å². The molecule has 3 rings (SSSR count). The number of carbonyl (C=O) groups is 1. The van der Waals surface area contributed by atoms with Crippen LogP contribution in [0.3, 0.4) is 0 Å². The van der Waals surface area contributed by atoms with Crippen molar-refractivity contribution in [2.75, 3.05) is 6.54 Å². The van der Waals surface area contributed by atoms with Crippen LogP contribution in [0.15, 0.2) is 37.1 Å². The number of rotatable bonds is 5. The second-order valence-electron chi connectivity index (χ2n) is 5.73. The van der Waals surface area contributed by atoms with Crippen LogP contribution in [0.4, 0.5) is 0 Å². The minimum atomic E-state index is -0.319. The average Bonchev–Trinajstić information content (AvgIpc) is 3.23. The molecule has 8 heteroatoms. The van der Waals surface area contributed by atoms with Crippen molar-refractivity contribution in [2.45, 2.75) is 25.3 Å². The highest BCUT2D eigenvalue weighted by Crippen LogP contribution is 2.39. The summed E-state index contributed by atoms with van der Waals surface area (Å²) < 4.78 is 1.79. The number of nitrogens with one attached hydrogen (secondary N) is 1. The van der Waals surface area contributed by atoms with Crippen LogP contribution in [0.2, 0.25) is 0 Å². The summed E-state index contributed by atoms with van der Waals surface area (Å²) in [6, 6.07) is 3.56. The lowest BCUT2D eigenvalue weighted by molar-refractivity contribution is 0.0897. The number of imidazole rings is 1. The summed E-state index contributed by atoms with van der Waals surface area (Å²) in [5.41, 5.74) is 6.04. The number of hydrogen-bond donors (Lipinski definition) is 2. The molecule has 0 bridgehead atoms. The minimum Gasteiger partial charge on any atom is -0.345 e. The molecule has 3 N–H and O–H groups in total. The fourth-order valence-electron chi connectivity index (χ4n) is 2.44. The van der Waals surface area contributed by atoms with Crippen molar-refractivity contribution in [2.24, 2.45) is 11.7 Å². The van der Waals surface area contributed by atoms with Gasteiger partial charge in [-0.2, -0.15) is 0 Å². The Morgan fingerprint density at radius 1 is 1.43 bits per heavy atom. The highest BCUT2D eigenvalue weighted by atomic mass is 35.5. The van der Waals surface area contributed by atoms with Crippen LogP contribution < -0.4 is 11.1 Å². The average molecular weight is 358 g/mol. The number of amides is 1. The molecule has 2 aromatic rings. The largest absolute Gasteiger partial charge is 0.345 e. The van der Waals surface area contributed by atoms with Gasteiger partial charge in [-0.05, 0) is 37.8 Å². The molecule has 1 atom stereocenters. The van der Waals surface area contributed by atoms with E-state index in [1.165, 1.54) is 0 Å². The highest BCUT2D eigenvalue weighted by Gasteiger charge is 2.41. The maximum atomic E-state index is 12.3. The van der Waals surface area contributed by atoms with Gasteiger partial charge in [0.15, 0.2) is 0 Å². The van der Waals surface area contributed by atoms with Crippen LogP contribution in [-0.2, 0) is 0 Å². The van der Waals surface area contributed by atoms with Crippen LogP contribution in [-0.4, -0.2) is 32.5 Å². The Bertz CT molecular complexity index is 628. The topological polar surface area (TPSA) is 85.8 Å². The van der Waals surface area contributed by atoms with Crippen molar-refractivity contribution in [1.29, 1.82) is 0 Å². The van der Waals surface area contributed by atoms with Gasteiger partial charge in [-0.25, -0.2) is 9.97 Å². The van der Waals surface area contributed by atoms with Crippen molar-refractivity contribution < 1.29 is 4.79 Å². The van der Waals surface area contributed by atoms with Gasteiger partial charge in [0.05, 0.1) is 11.1 Å². The van der Waals surface area contributed by atoms with Gasteiger partial charge in [0.25, 0.3) is 5.91 Å². The predicted octanol–water partition coefficient (Wildman–Crippen LogP) is 1.97. The number of pyridine rings is 1. The molecule has 23 heavy (non-hydrogen) atoms. The predicted molar refractivity (Wildman–Crippen MR) is 93.5 cm³/mol. The standard InChI is InChI=1S/C15H19N5O.2ClH/c1-15(9-16,12-3-4-12)19-14(21)11-2-5-13(18-8-11)20-7-6-17-10-20;;/h2,5-8,10,12H,3-4,9,16H2,1H3,(H,19,21);2*1H. The molecular formula is C15H21Cl2N5O. The Hall–Kier alpha value is -1.63. The molecule has 1 aliphatic rings. The molecule has 2 heterocycles. The van der Waals surface area contributed by atoms with E-state index in [1.807, 2.05) is 6.92 Å². The Kier molecular flexibility index (Phi) is 6.56. The normalized spacial score (nSPS) is 15.7. The van der Waals surface area contributed by atoms with Gasteiger partial charge in [0.1, 0.15) is 12.1 Å². The summed E-state index contributed by atoms with van der Waals surface area (Å²) in [5.74, 6) is 1.09. The number of aromatic nitrogens is 3. The third-order valence-corrected chi connectivity index (χ3v) is 4.08. The first kappa shape index (κ1) is 19.4. The molecule has 1 unspecified atom stereocenters. The lowest BCUT2D eigenvalue weighted by atomic mass is 9.95. The number of nitrogens with two attached hydrogens (primary N) is 1. The Morgan fingerprint density at radius 2 is 2.17 bits per heavy atom. The van der Waals surface area contributed by atoms with Gasteiger partial charge in [-0.1, -0.05) is 0 Å². The zero-order valence-corrected chi connectivity index (χ0v) is 14.4. The molecule has 2 aromatic heterocycles. The molecule has 126 valence electrons. The second kappa shape index (κ2) is 7.77. The van der Waals surface area contributed by atoms with Crippen LogP contribution in [0.1, 0.15) is 30.1 Å². The molecule has 0 spiro atoms. The number of nitrogens with zero attached hydrogens (tertiary/aromatic N) is 3. The van der Waals surface area contributed by atoms with Crippen molar-refractivity contribution in [3.05, 3.63) is 42.6 Å². The SMILES string of the molecule is CC(CN)(NC(=O)c1ccc(-n2ccnc2)nc1)C1CC1.Cl.Cl. The van der Waals surface area contributed by atoms with Gasteiger partial charge in [0.2, 0.25) is 0 Å². The third-order valence-electron chi connectivity index (χ3n) is 4.08. The number of hydrogen-bond acceptors (Lipinski definition) is 4. The van der Waals surface area contributed by atoms with Crippen molar-refractivity contribution in [3.8, 4) is 5.82 Å². The number of carbonyl (C=O) groups excluding carboxylic acids is 1. The van der Waals surface area contributed by atoms with Gasteiger partial charge in [-0.3, -0.25) is 9.36 Å². The first-order valence-electron chi connectivity index (χ1n) is 7.09. The molecule has 0 saturated heterocycles. The zero-order valence-electron chi connectivity index (χ0n) is 12.8. The van der Waals surface area contributed by atoms with E-state index in [0.29, 0.717) is 18.0 Å². The molecule has 1 amide bonds. The highest BCUT2D eigenvalue weighted by molar-refractivity contribution is 5.94. The summed E-state index contributed by atoms with van der Waals surface area (Å²) in [7, 11) is 0. The molecular weight excluding hydrogens is 337 g/mol. The van der Waals surface area contributed by atoms with Gasteiger partial charge in [-0.15, -0.1) is 24.8 Å². The molecule has 6 nitrogen and oxygen atoms in total. The molecule has 1 aliphatic carbocycles. The molecule has 1 fully saturated rings. The van der Waals surface area contributed by atoms with Gasteiger partial charge >= 0.3 is 0 Å². The molecule has 0 radical (unpaired) electrons. The fourth-order valence-corrected chi connectivity index (χ4v) is 2.44. The Morgan fingerprint density at radius 3 is 2.65 bits per heavy atom. The van der Waals surface area contributed by atoms with Crippen LogP contribution in [0.5, 0.6) is 0 Å². The van der Waals surface area contributed by atoms with E-state index < -0.39 is 0 Å². The maximum Gasteiger partial charge on any atom is 0.253 e. The fraction of sp³-hybridized carbons (Fsp3) is 0.400. The lowest BCUT2D eigenvalue weighted by Crippen LogP contribution is -2.53. The zero-order chi connectivity index (χ0) is 14.9. The summed E-state index contributed by atoms with van der Waals surface area (Å²) in [4.78, 5) is 20.6. The number of halogens is 2. The second-order valence-corrected chi connectivity index (χ2v) is 5.73. The molecule has 1 saturated carbocycles. The van der Waals surface area contributed by atoms with E-state index in [-0.39, 0.29) is 36.3 Å². The Labute approximate surface area is 147 Å². The van der Waals surface area contributed by atoms with E-state index in [1.54, 1.807) is 41.6 Å². The van der Waals surface area contributed by atoms with E-state index in [0.717, 1.165) is 18.7 Å². The monoisotopic (exact) mass is 357 g/mol. The van der Waals surface area contributed by atoms with Crippen molar-refractivity contribution in [3.63, 3.8) is 0 Å². The minimum absolute atomic E-state index is 0. The van der Waals surface area contributed by atoms with Crippen LogP contribution in [0, 0.1) is 5.92 Å².